The van der Waals surface area contributed by atoms with Gasteiger partial charge < -0.3 is 29.7 Å². The Bertz CT molecular complexity index is 1920. The van der Waals surface area contributed by atoms with Gasteiger partial charge in [0.15, 0.2) is 5.82 Å². The maximum atomic E-state index is 16.9. The number of ether oxygens (including phenoxy) is 2. The van der Waals surface area contributed by atoms with E-state index in [1.165, 1.54) is 30.5 Å². The van der Waals surface area contributed by atoms with Crippen LogP contribution in [0.5, 0.6) is 11.8 Å². The second kappa shape index (κ2) is 12.4. The van der Waals surface area contributed by atoms with E-state index in [-0.39, 0.29) is 72.6 Å². The average Bonchev–Trinajstić information content (AvgIpc) is 3.57. The average molecular weight is 666 g/mol. The van der Waals surface area contributed by atoms with Crippen molar-refractivity contribution in [2.24, 2.45) is 0 Å². The second-order valence-corrected chi connectivity index (χ2v) is 13.5. The summed E-state index contributed by atoms with van der Waals surface area (Å²) >= 11 is 0. The quantitative estimate of drug-likeness (QED) is 0.254. The fraction of sp³-hybridized carbons (Fsp3) is 0.457. The number of phenols is 1. The van der Waals surface area contributed by atoms with E-state index in [2.05, 4.69) is 14.9 Å². The van der Waals surface area contributed by atoms with Crippen LogP contribution in [0.3, 0.4) is 0 Å². The van der Waals surface area contributed by atoms with Crippen molar-refractivity contribution in [2.45, 2.75) is 56.8 Å². The van der Waals surface area contributed by atoms with E-state index in [0.717, 1.165) is 19.4 Å². The maximum absolute atomic E-state index is 16.9. The maximum Gasteiger partial charge on any atom is 0.319 e. The minimum Gasteiger partial charge on any atom is -0.508 e. The number of hydrogen-bond donors (Lipinski definition) is 3. The zero-order valence-corrected chi connectivity index (χ0v) is 26.8. The van der Waals surface area contributed by atoms with Crippen molar-refractivity contribution in [3.8, 4) is 23.0 Å². The number of nitrogens with zero attached hydrogens (tertiary/aromatic N) is 5. The lowest BCUT2D eigenvalue weighted by molar-refractivity contribution is -0.0528. The first-order valence-corrected chi connectivity index (χ1v) is 16.2. The lowest BCUT2D eigenvalue weighted by Crippen LogP contribution is -2.44. The number of anilines is 1. The van der Waals surface area contributed by atoms with E-state index < -0.39 is 28.9 Å². The van der Waals surface area contributed by atoms with Crippen LogP contribution in [-0.4, -0.2) is 98.4 Å². The molecular formula is C35H38F3N5O5. The fourth-order valence-corrected chi connectivity index (χ4v) is 7.59. The van der Waals surface area contributed by atoms with Crippen LogP contribution in [0.2, 0.25) is 0 Å². The molecule has 0 amide bonds. The van der Waals surface area contributed by atoms with Crippen LogP contribution < -0.4 is 9.64 Å². The first-order valence-electron chi connectivity index (χ1n) is 16.2. The molecule has 0 spiro atoms. The predicted octanol–water partition coefficient (Wildman–Crippen LogP) is 4.81. The van der Waals surface area contributed by atoms with Gasteiger partial charge in [0.2, 0.25) is 0 Å². The van der Waals surface area contributed by atoms with Crippen LogP contribution in [0.4, 0.5) is 19.0 Å². The van der Waals surface area contributed by atoms with Gasteiger partial charge in [-0.3, -0.25) is 9.88 Å². The van der Waals surface area contributed by atoms with Crippen LogP contribution in [0, 0.1) is 11.6 Å². The summed E-state index contributed by atoms with van der Waals surface area (Å²) in [4.78, 5) is 17.6. The second-order valence-electron chi connectivity index (χ2n) is 13.5. The van der Waals surface area contributed by atoms with Crippen molar-refractivity contribution in [3.05, 3.63) is 59.6 Å². The fourth-order valence-electron chi connectivity index (χ4n) is 7.59. The van der Waals surface area contributed by atoms with Crippen LogP contribution in [-0.2, 0) is 11.2 Å². The minimum atomic E-state index is -1.34. The highest BCUT2D eigenvalue weighted by atomic mass is 19.1. The third kappa shape index (κ3) is 5.72. The summed E-state index contributed by atoms with van der Waals surface area (Å²) in [5.41, 5.74) is -0.814. The third-order valence-corrected chi connectivity index (χ3v) is 9.81. The smallest absolute Gasteiger partial charge is 0.319 e. The molecule has 5 heterocycles. The van der Waals surface area contributed by atoms with E-state index in [0.29, 0.717) is 47.6 Å². The summed E-state index contributed by atoms with van der Waals surface area (Å²) in [7, 11) is 0. The van der Waals surface area contributed by atoms with E-state index in [4.69, 9.17) is 14.5 Å². The molecule has 3 aliphatic heterocycles. The molecule has 3 N–H and O–H groups in total. The number of aromatic nitrogens is 3. The number of aliphatic hydroxyl groups excluding tert-OH is 1. The highest BCUT2D eigenvalue weighted by Crippen LogP contribution is 2.43. The Kier molecular flexibility index (Phi) is 8.43. The number of β-amino-alcohol motifs (C(OH)–C–C–N with tert-alkyl or cyclic N) is 1. The number of fused-ring (bicyclic) bond motifs is 3. The standard InChI is InChI=1S/C35H38F3N5O5/c1-3-24-27(37)6-5-21-9-22(45)10-25(28(21)24)30-29(38)31-26(13-39-30)32(42-15-23(16-44)47-18-34(2,46)17-42)41-33(40-31)48-19-35-7-4-8-43(35)14-20(11-35)12-36/h5-6,9-10,12-13,23,44-46H,3-4,7-8,11,14-19H2,1-2H3/b20-12-/t23-,34+,35+/m1/s1. The number of pyridine rings is 1. The molecule has 10 nitrogen and oxygen atoms in total. The molecule has 0 saturated carbocycles. The van der Waals surface area contributed by atoms with Gasteiger partial charge in [0.25, 0.3) is 0 Å². The summed E-state index contributed by atoms with van der Waals surface area (Å²) < 4.78 is 57.4. The number of rotatable bonds is 7. The molecular weight excluding hydrogens is 627 g/mol. The van der Waals surface area contributed by atoms with Gasteiger partial charge in [-0.2, -0.15) is 9.97 Å². The summed E-state index contributed by atoms with van der Waals surface area (Å²) in [6.07, 6.45) is 3.94. The molecule has 48 heavy (non-hydrogen) atoms. The van der Waals surface area contributed by atoms with Crippen molar-refractivity contribution >= 4 is 27.5 Å². The molecule has 2 aromatic heterocycles. The lowest BCUT2D eigenvalue weighted by atomic mass is 9.94. The molecule has 4 aromatic rings. The van der Waals surface area contributed by atoms with Crippen LogP contribution in [0.25, 0.3) is 32.9 Å². The number of aromatic hydroxyl groups is 1. The summed E-state index contributed by atoms with van der Waals surface area (Å²) in [6, 6.07) is 5.57. The molecule has 0 aliphatic carbocycles. The molecule has 3 atom stereocenters. The molecule has 0 radical (unpaired) electrons. The van der Waals surface area contributed by atoms with Gasteiger partial charge in [-0.05, 0) is 79.3 Å². The van der Waals surface area contributed by atoms with Crippen LogP contribution >= 0.6 is 0 Å². The van der Waals surface area contributed by atoms with Crippen LogP contribution in [0.1, 0.15) is 38.7 Å². The molecule has 254 valence electrons. The van der Waals surface area contributed by atoms with Gasteiger partial charge >= 0.3 is 6.01 Å². The van der Waals surface area contributed by atoms with Crippen molar-refractivity contribution < 1.29 is 38.0 Å². The Hall–Kier alpha value is -4.04. The Morgan fingerprint density at radius 3 is 2.81 bits per heavy atom. The number of hydrogen-bond acceptors (Lipinski definition) is 10. The molecule has 3 fully saturated rings. The van der Waals surface area contributed by atoms with E-state index >= 15 is 4.39 Å². The Morgan fingerprint density at radius 1 is 1.21 bits per heavy atom. The van der Waals surface area contributed by atoms with Crippen molar-refractivity contribution in [1.29, 1.82) is 0 Å². The van der Waals surface area contributed by atoms with Gasteiger partial charge in [-0.25, -0.2) is 13.2 Å². The summed E-state index contributed by atoms with van der Waals surface area (Å²) in [5.74, 6) is -1.21. The predicted molar refractivity (Wildman–Crippen MR) is 174 cm³/mol. The van der Waals surface area contributed by atoms with Gasteiger partial charge in [0, 0.05) is 24.8 Å². The van der Waals surface area contributed by atoms with E-state index in [1.54, 1.807) is 18.7 Å². The van der Waals surface area contributed by atoms with Gasteiger partial charge in [0.1, 0.15) is 40.8 Å². The van der Waals surface area contributed by atoms with E-state index in [1.807, 2.05) is 0 Å². The molecule has 2 aromatic carbocycles. The zero-order valence-electron chi connectivity index (χ0n) is 26.8. The Morgan fingerprint density at radius 2 is 2.04 bits per heavy atom. The zero-order chi connectivity index (χ0) is 33.8. The highest BCUT2D eigenvalue weighted by Gasteiger charge is 2.47. The molecule has 0 bridgehead atoms. The molecule has 0 unspecified atom stereocenters. The van der Waals surface area contributed by atoms with Crippen molar-refractivity contribution in [1.82, 2.24) is 19.9 Å². The lowest BCUT2D eigenvalue weighted by Gasteiger charge is -2.31. The molecule has 13 heteroatoms. The highest BCUT2D eigenvalue weighted by molar-refractivity contribution is 6.01. The monoisotopic (exact) mass is 665 g/mol. The van der Waals surface area contributed by atoms with Crippen molar-refractivity contribution in [2.75, 3.05) is 50.9 Å². The van der Waals surface area contributed by atoms with E-state index in [9.17, 15) is 24.1 Å². The normalized spacial score (nSPS) is 25.7. The summed E-state index contributed by atoms with van der Waals surface area (Å²) in [5, 5.41) is 32.8. The Labute approximate surface area is 275 Å². The molecule has 3 saturated heterocycles. The number of aliphatic hydroxyl groups is 2. The molecule has 7 rings (SSSR count). The molecule has 3 aliphatic rings. The summed E-state index contributed by atoms with van der Waals surface area (Å²) in [6.45, 7) is 4.65. The number of benzene rings is 2. The van der Waals surface area contributed by atoms with Crippen molar-refractivity contribution in [3.63, 3.8) is 0 Å². The third-order valence-electron chi connectivity index (χ3n) is 9.81. The first-order chi connectivity index (χ1) is 23.0. The first kappa shape index (κ1) is 32.5. The largest absolute Gasteiger partial charge is 0.508 e. The van der Waals surface area contributed by atoms with Gasteiger partial charge in [-0.1, -0.05) is 13.0 Å². The minimum absolute atomic E-state index is 0.0388. The van der Waals surface area contributed by atoms with Gasteiger partial charge in [0.05, 0.1) is 43.1 Å². The number of aryl methyl sites for hydroxylation is 1. The number of halogens is 3. The topological polar surface area (TPSA) is 124 Å². The Balaban J connectivity index is 1.39. The van der Waals surface area contributed by atoms with Crippen LogP contribution in [0.15, 0.2) is 42.4 Å². The number of phenolic OH excluding ortho intramolecular Hbond substituents is 1. The van der Waals surface area contributed by atoms with Gasteiger partial charge in [-0.15, -0.1) is 0 Å². The SMILES string of the molecule is CCc1c(F)ccc2cc(O)cc(-c3ncc4c(N5C[C@H](CO)OC[C@@](C)(O)C5)nc(OC[C@@]56CCCN5C/C(=C\F)C6)nc4c3F)c12.